The monoisotopic (exact) mass is 525 g/mol. The molecule has 2 aliphatic rings. The summed E-state index contributed by atoms with van der Waals surface area (Å²) >= 11 is 0. The SMILES string of the molecule is COc1cc(COC(=O)Nc2cc(OC(F)(F)F)ccc2F)cc2c1CN(C1CCC(=O)NC1=O)C2=O. The molecular formula is C23H19F4N3O7. The van der Waals surface area contributed by atoms with Gasteiger partial charge in [0.2, 0.25) is 11.8 Å². The van der Waals surface area contributed by atoms with Crippen molar-refractivity contribution in [1.29, 1.82) is 0 Å². The summed E-state index contributed by atoms with van der Waals surface area (Å²) in [7, 11) is 1.37. The summed E-state index contributed by atoms with van der Waals surface area (Å²) in [6.07, 6.45) is -5.92. The number of methoxy groups -OCH3 is 1. The number of benzene rings is 2. The molecule has 0 saturated carbocycles. The molecule has 14 heteroatoms. The van der Waals surface area contributed by atoms with Crippen molar-refractivity contribution >= 4 is 29.5 Å². The van der Waals surface area contributed by atoms with Crippen molar-refractivity contribution in [2.24, 2.45) is 0 Å². The van der Waals surface area contributed by atoms with Crippen LogP contribution in [0.25, 0.3) is 0 Å². The van der Waals surface area contributed by atoms with Gasteiger partial charge in [-0.05, 0) is 36.2 Å². The lowest BCUT2D eigenvalue weighted by Crippen LogP contribution is -2.52. The van der Waals surface area contributed by atoms with Crippen LogP contribution in [0, 0.1) is 5.82 Å². The molecule has 1 atom stereocenters. The number of carbonyl (C=O) groups is 4. The van der Waals surface area contributed by atoms with Crippen LogP contribution in [0.15, 0.2) is 30.3 Å². The maximum Gasteiger partial charge on any atom is 0.573 e. The van der Waals surface area contributed by atoms with Crippen LogP contribution in [-0.4, -0.2) is 48.2 Å². The van der Waals surface area contributed by atoms with Gasteiger partial charge in [-0.3, -0.25) is 25.0 Å². The van der Waals surface area contributed by atoms with Crippen LogP contribution in [0.5, 0.6) is 11.5 Å². The third-order valence-corrected chi connectivity index (χ3v) is 5.67. The Labute approximate surface area is 206 Å². The first-order chi connectivity index (χ1) is 17.4. The van der Waals surface area contributed by atoms with Crippen molar-refractivity contribution in [3.63, 3.8) is 0 Å². The Balaban J connectivity index is 1.45. The van der Waals surface area contributed by atoms with E-state index >= 15 is 0 Å². The first kappa shape index (κ1) is 25.7. The van der Waals surface area contributed by atoms with Gasteiger partial charge in [0, 0.05) is 23.6 Å². The Bertz CT molecular complexity index is 1280. The van der Waals surface area contributed by atoms with Crippen molar-refractivity contribution in [2.75, 3.05) is 12.4 Å². The molecule has 0 radical (unpaired) electrons. The van der Waals surface area contributed by atoms with E-state index in [1.54, 1.807) is 0 Å². The van der Waals surface area contributed by atoms with Crippen LogP contribution in [0.4, 0.5) is 28.0 Å². The van der Waals surface area contributed by atoms with Gasteiger partial charge in [0.25, 0.3) is 5.91 Å². The molecule has 0 bridgehead atoms. The fourth-order valence-electron chi connectivity index (χ4n) is 4.04. The number of rotatable bonds is 6. The second kappa shape index (κ2) is 9.95. The summed E-state index contributed by atoms with van der Waals surface area (Å²) in [6.45, 7) is -0.331. The molecule has 2 N–H and O–H groups in total. The third kappa shape index (κ3) is 5.73. The summed E-state index contributed by atoms with van der Waals surface area (Å²) < 4.78 is 65.2. The van der Waals surface area contributed by atoms with E-state index in [4.69, 9.17) is 9.47 Å². The molecule has 2 aliphatic heterocycles. The number of carbonyl (C=O) groups excluding carboxylic acids is 4. The number of hydrogen-bond donors (Lipinski definition) is 2. The minimum Gasteiger partial charge on any atom is -0.496 e. The Morgan fingerprint density at radius 2 is 1.95 bits per heavy atom. The molecule has 0 aliphatic carbocycles. The number of hydrogen-bond acceptors (Lipinski definition) is 7. The summed E-state index contributed by atoms with van der Waals surface area (Å²) in [5, 5.41) is 4.20. The normalized spacial score (nSPS) is 17.3. The fourth-order valence-corrected chi connectivity index (χ4v) is 4.04. The predicted octanol–water partition coefficient (Wildman–Crippen LogP) is 3.24. The smallest absolute Gasteiger partial charge is 0.496 e. The zero-order valence-corrected chi connectivity index (χ0v) is 19.1. The van der Waals surface area contributed by atoms with E-state index in [0.717, 1.165) is 6.07 Å². The number of halogens is 4. The highest BCUT2D eigenvalue weighted by Gasteiger charge is 2.40. The van der Waals surface area contributed by atoms with Gasteiger partial charge in [0.05, 0.1) is 19.3 Å². The highest BCUT2D eigenvalue weighted by atomic mass is 19.4. The molecule has 0 spiro atoms. The average molecular weight is 525 g/mol. The Hall–Kier alpha value is -4.36. The van der Waals surface area contributed by atoms with Crippen LogP contribution in [0.3, 0.4) is 0 Å². The number of imide groups is 1. The number of piperidine rings is 1. The van der Waals surface area contributed by atoms with E-state index in [1.807, 2.05) is 5.32 Å². The molecule has 2 aromatic rings. The molecule has 0 aromatic heterocycles. The summed E-state index contributed by atoms with van der Waals surface area (Å²) in [5.41, 5.74) is 0.437. The van der Waals surface area contributed by atoms with Crippen LogP contribution in [0.2, 0.25) is 0 Å². The molecule has 1 saturated heterocycles. The van der Waals surface area contributed by atoms with Gasteiger partial charge in [-0.2, -0.15) is 0 Å². The van der Waals surface area contributed by atoms with Crippen LogP contribution >= 0.6 is 0 Å². The van der Waals surface area contributed by atoms with E-state index in [0.29, 0.717) is 29.0 Å². The number of anilines is 1. The van der Waals surface area contributed by atoms with Crippen molar-refractivity contribution in [2.45, 2.75) is 38.4 Å². The minimum atomic E-state index is -5.01. The molecule has 196 valence electrons. The van der Waals surface area contributed by atoms with E-state index in [9.17, 15) is 36.7 Å². The number of alkyl halides is 3. The van der Waals surface area contributed by atoms with Gasteiger partial charge in [0.1, 0.15) is 30.0 Å². The quantitative estimate of drug-likeness (QED) is 0.439. The molecule has 2 heterocycles. The molecule has 1 fully saturated rings. The maximum absolute atomic E-state index is 13.9. The average Bonchev–Trinajstić information content (AvgIpc) is 3.14. The summed E-state index contributed by atoms with van der Waals surface area (Å²) in [5.74, 6) is -2.94. The second-order valence-electron chi connectivity index (χ2n) is 8.11. The fraction of sp³-hybridized carbons (Fsp3) is 0.304. The molecule has 1 unspecified atom stereocenters. The summed E-state index contributed by atoms with van der Waals surface area (Å²) in [6, 6.07) is 4.18. The van der Waals surface area contributed by atoms with Crippen molar-refractivity contribution < 1.29 is 51.0 Å². The van der Waals surface area contributed by atoms with Crippen LogP contribution in [-0.2, 0) is 27.5 Å². The zero-order valence-electron chi connectivity index (χ0n) is 19.1. The number of amides is 4. The molecule has 2 aromatic carbocycles. The lowest BCUT2D eigenvalue weighted by molar-refractivity contribution is -0.274. The first-order valence-electron chi connectivity index (χ1n) is 10.8. The van der Waals surface area contributed by atoms with Gasteiger partial charge in [-0.25, -0.2) is 9.18 Å². The number of fused-ring (bicyclic) bond motifs is 1. The molecular weight excluding hydrogens is 506 g/mol. The predicted molar refractivity (Wildman–Crippen MR) is 116 cm³/mol. The number of ether oxygens (including phenoxy) is 3. The molecule has 10 nitrogen and oxygen atoms in total. The topological polar surface area (TPSA) is 123 Å². The Kier molecular flexibility index (Phi) is 6.92. The largest absolute Gasteiger partial charge is 0.573 e. The van der Waals surface area contributed by atoms with E-state index in [1.165, 1.54) is 24.1 Å². The Morgan fingerprint density at radius 1 is 1.19 bits per heavy atom. The number of nitrogens with zero attached hydrogens (tertiary/aromatic N) is 1. The van der Waals surface area contributed by atoms with Crippen LogP contribution in [0.1, 0.15) is 34.3 Å². The van der Waals surface area contributed by atoms with Crippen LogP contribution < -0.4 is 20.1 Å². The van der Waals surface area contributed by atoms with Crippen molar-refractivity contribution in [3.05, 3.63) is 52.8 Å². The van der Waals surface area contributed by atoms with Gasteiger partial charge in [0.15, 0.2) is 0 Å². The van der Waals surface area contributed by atoms with Gasteiger partial charge in [-0.1, -0.05) is 0 Å². The van der Waals surface area contributed by atoms with Crippen molar-refractivity contribution in [3.8, 4) is 11.5 Å². The third-order valence-electron chi connectivity index (χ3n) is 5.67. The highest BCUT2D eigenvalue weighted by Crippen LogP contribution is 2.35. The lowest BCUT2D eigenvalue weighted by Gasteiger charge is -2.29. The first-order valence-corrected chi connectivity index (χ1v) is 10.8. The van der Waals surface area contributed by atoms with Crippen molar-refractivity contribution in [1.82, 2.24) is 10.2 Å². The van der Waals surface area contributed by atoms with Gasteiger partial charge >= 0.3 is 12.5 Å². The zero-order chi connectivity index (χ0) is 26.9. The molecule has 37 heavy (non-hydrogen) atoms. The second-order valence-corrected chi connectivity index (χ2v) is 8.11. The summed E-state index contributed by atoms with van der Waals surface area (Å²) in [4.78, 5) is 50.2. The van der Waals surface area contributed by atoms with Gasteiger partial charge < -0.3 is 19.1 Å². The Morgan fingerprint density at radius 3 is 2.62 bits per heavy atom. The molecule has 4 rings (SSSR count). The van der Waals surface area contributed by atoms with E-state index < -0.39 is 60.1 Å². The van der Waals surface area contributed by atoms with Gasteiger partial charge in [-0.15, -0.1) is 13.2 Å². The van der Waals surface area contributed by atoms with E-state index in [-0.39, 0.29) is 24.9 Å². The number of nitrogens with one attached hydrogen (secondary N) is 2. The lowest BCUT2D eigenvalue weighted by atomic mass is 10.0. The standard InChI is InChI=1S/C23H19F4N3O7/c1-35-18-7-11(6-13-14(18)9-30(21(13)33)17-4-5-19(31)29-20(17)32)10-36-22(34)28-16-8-12(2-3-15(16)24)37-23(25,26)27/h2-3,6-8,17H,4-5,9-10H2,1H3,(H,28,34)(H,29,31,32). The minimum absolute atomic E-state index is 0.0703. The van der Waals surface area contributed by atoms with E-state index in [2.05, 4.69) is 10.1 Å². The highest BCUT2D eigenvalue weighted by molar-refractivity contribution is 6.05. The maximum atomic E-state index is 13.9. The molecule has 4 amide bonds.